The van der Waals surface area contributed by atoms with Crippen LogP contribution in [0.2, 0.25) is 0 Å². The minimum Gasteiger partial charge on any atom is -0.384 e. The maximum absolute atomic E-state index is 11.1. The first-order chi connectivity index (χ1) is 9.36. The Morgan fingerprint density at radius 1 is 0.950 bits per heavy atom. The van der Waals surface area contributed by atoms with Gasteiger partial charge in [0.1, 0.15) is 11.5 Å². The number of anilines is 2. The van der Waals surface area contributed by atoms with Crippen molar-refractivity contribution in [3.05, 3.63) is 36.4 Å². The number of nitrogens with two attached hydrogens (primary N) is 3. The lowest BCUT2D eigenvalue weighted by Gasteiger charge is -2.00. The van der Waals surface area contributed by atoms with E-state index in [1.54, 1.807) is 12.1 Å². The second-order valence-corrected chi connectivity index (χ2v) is 5.44. The third-order valence-electron chi connectivity index (χ3n) is 2.36. The van der Waals surface area contributed by atoms with Gasteiger partial charge < -0.3 is 11.5 Å². The largest absolute Gasteiger partial charge is 0.384 e. The number of azo groups is 1. The van der Waals surface area contributed by atoms with Gasteiger partial charge in [-0.1, -0.05) is 0 Å². The highest BCUT2D eigenvalue weighted by Crippen LogP contribution is 2.24. The highest BCUT2D eigenvalue weighted by molar-refractivity contribution is 7.89. The lowest BCUT2D eigenvalue weighted by Crippen LogP contribution is -2.11. The molecule has 0 saturated carbocycles. The molecule has 0 unspecified atom stereocenters. The topological polar surface area (TPSA) is 150 Å². The van der Waals surface area contributed by atoms with Crippen LogP contribution in [0.1, 0.15) is 0 Å². The van der Waals surface area contributed by atoms with Gasteiger partial charge in [-0.25, -0.2) is 18.5 Å². The van der Waals surface area contributed by atoms with Crippen molar-refractivity contribution in [1.29, 1.82) is 0 Å². The SMILES string of the molecule is Nc1ccc(N=Nc2ccc(S(N)(=O)=O)cc2)c(N)n1. The molecule has 1 aromatic carbocycles. The van der Waals surface area contributed by atoms with Gasteiger partial charge in [0, 0.05) is 0 Å². The van der Waals surface area contributed by atoms with E-state index in [1.807, 2.05) is 0 Å². The Balaban J connectivity index is 2.24. The molecule has 20 heavy (non-hydrogen) atoms. The molecular formula is C11H12N6O2S. The zero-order chi connectivity index (χ0) is 14.8. The van der Waals surface area contributed by atoms with E-state index < -0.39 is 10.0 Å². The number of nitrogen functional groups attached to an aromatic ring is 2. The Bertz CT molecular complexity index is 755. The Kier molecular flexibility index (Phi) is 3.63. The van der Waals surface area contributed by atoms with E-state index in [4.69, 9.17) is 16.6 Å². The molecule has 0 atom stereocenters. The average molecular weight is 292 g/mol. The zero-order valence-electron chi connectivity index (χ0n) is 10.3. The normalized spacial score (nSPS) is 11.8. The first-order valence-corrected chi connectivity index (χ1v) is 6.97. The lowest BCUT2D eigenvalue weighted by molar-refractivity contribution is 0.598. The highest BCUT2D eigenvalue weighted by Gasteiger charge is 2.06. The number of rotatable bonds is 3. The number of sulfonamides is 1. The summed E-state index contributed by atoms with van der Waals surface area (Å²) in [4.78, 5) is 3.84. The van der Waals surface area contributed by atoms with Gasteiger partial charge in [0.15, 0.2) is 5.82 Å². The molecule has 0 saturated heterocycles. The van der Waals surface area contributed by atoms with Gasteiger partial charge in [0.25, 0.3) is 0 Å². The van der Waals surface area contributed by atoms with E-state index in [0.29, 0.717) is 17.2 Å². The first-order valence-electron chi connectivity index (χ1n) is 5.43. The summed E-state index contributed by atoms with van der Waals surface area (Å²) in [5.41, 5.74) is 11.9. The maximum atomic E-state index is 11.1. The van der Waals surface area contributed by atoms with Crippen molar-refractivity contribution in [2.75, 3.05) is 11.5 Å². The minimum absolute atomic E-state index is 0.00474. The Morgan fingerprint density at radius 3 is 2.15 bits per heavy atom. The molecule has 0 radical (unpaired) electrons. The van der Waals surface area contributed by atoms with Crippen LogP contribution in [0.4, 0.5) is 23.0 Å². The average Bonchev–Trinajstić information content (AvgIpc) is 2.37. The zero-order valence-corrected chi connectivity index (χ0v) is 11.1. The van der Waals surface area contributed by atoms with Crippen LogP contribution in [0.3, 0.4) is 0 Å². The van der Waals surface area contributed by atoms with Crippen LogP contribution in [0.5, 0.6) is 0 Å². The maximum Gasteiger partial charge on any atom is 0.238 e. The molecule has 6 N–H and O–H groups in total. The number of benzene rings is 1. The van der Waals surface area contributed by atoms with Gasteiger partial charge in [-0.15, -0.1) is 5.11 Å². The fourth-order valence-electron chi connectivity index (χ4n) is 1.38. The monoisotopic (exact) mass is 292 g/mol. The van der Waals surface area contributed by atoms with Gasteiger partial charge in [-0.3, -0.25) is 0 Å². The van der Waals surface area contributed by atoms with E-state index in [1.165, 1.54) is 24.3 Å². The first kappa shape index (κ1) is 13.9. The van der Waals surface area contributed by atoms with Crippen LogP contribution in [0, 0.1) is 0 Å². The van der Waals surface area contributed by atoms with Crippen molar-refractivity contribution in [1.82, 2.24) is 4.98 Å². The lowest BCUT2D eigenvalue weighted by atomic mass is 10.3. The van der Waals surface area contributed by atoms with Gasteiger partial charge in [0.2, 0.25) is 10.0 Å². The second kappa shape index (κ2) is 5.23. The molecule has 104 valence electrons. The molecule has 1 aromatic heterocycles. The predicted molar refractivity (Wildman–Crippen MR) is 75.1 cm³/mol. The number of aromatic nitrogens is 1. The molecule has 0 amide bonds. The molecule has 2 rings (SSSR count). The van der Waals surface area contributed by atoms with Gasteiger partial charge in [0.05, 0.1) is 10.6 Å². The number of hydrogen-bond acceptors (Lipinski definition) is 7. The number of nitrogens with zero attached hydrogens (tertiary/aromatic N) is 3. The van der Waals surface area contributed by atoms with E-state index >= 15 is 0 Å². The molecule has 0 fully saturated rings. The summed E-state index contributed by atoms with van der Waals surface area (Å²) in [6.45, 7) is 0. The second-order valence-electron chi connectivity index (χ2n) is 3.88. The Labute approximate surface area is 115 Å². The summed E-state index contributed by atoms with van der Waals surface area (Å²) >= 11 is 0. The van der Waals surface area contributed by atoms with E-state index in [-0.39, 0.29) is 10.7 Å². The van der Waals surface area contributed by atoms with Crippen LogP contribution in [0.15, 0.2) is 51.5 Å². The molecule has 1 heterocycles. The standard InChI is InChI=1S/C11H12N6O2S/c12-10-6-5-9(11(13)15-10)17-16-7-1-3-8(4-2-7)20(14,18)19/h1-6H,(H4,12,13,15)(H2,14,18,19). The van der Waals surface area contributed by atoms with Crippen molar-refractivity contribution in [3.8, 4) is 0 Å². The van der Waals surface area contributed by atoms with Crippen molar-refractivity contribution >= 4 is 33.0 Å². The predicted octanol–water partition coefficient (Wildman–Crippen LogP) is 1.31. The van der Waals surface area contributed by atoms with Crippen LogP contribution in [0.25, 0.3) is 0 Å². The van der Waals surface area contributed by atoms with Crippen LogP contribution < -0.4 is 16.6 Å². The molecular weight excluding hydrogens is 280 g/mol. The minimum atomic E-state index is -3.71. The summed E-state index contributed by atoms with van der Waals surface area (Å²) < 4.78 is 22.2. The van der Waals surface area contributed by atoms with Gasteiger partial charge in [-0.2, -0.15) is 5.11 Å². The van der Waals surface area contributed by atoms with E-state index in [0.717, 1.165) is 0 Å². The van der Waals surface area contributed by atoms with E-state index in [9.17, 15) is 8.42 Å². The number of primary sulfonamides is 1. The molecule has 2 aromatic rings. The van der Waals surface area contributed by atoms with Crippen molar-refractivity contribution < 1.29 is 8.42 Å². The number of pyridine rings is 1. The number of hydrogen-bond donors (Lipinski definition) is 3. The van der Waals surface area contributed by atoms with Gasteiger partial charge in [-0.05, 0) is 36.4 Å². The highest BCUT2D eigenvalue weighted by atomic mass is 32.2. The summed E-state index contributed by atoms with van der Waals surface area (Å²) in [5.74, 6) is 0.453. The summed E-state index contributed by atoms with van der Waals surface area (Å²) in [7, 11) is -3.71. The molecule has 0 bridgehead atoms. The molecule has 0 aliphatic rings. The summed E-state index contributed by atoms with van der Waals surface area (Å²) in [5, 5.41) is 12.8. The Hall–Kier alpha value is -2.52. The van der Waals surface area contributed by atoms with Crippen molar-refractivity contribution in [3.63, 3.8) is 0 Å². The third kappa shape index (κ3) is 3.28. The van der Waals surface area contributed by atoms with Gasteiger partial charge >= 0.3 is 0 Å². The van der Waals surface area contributed by atoms with Crippen LogP contribution in [-0.4, -0.2) is 13.4 Å². The molecule has 0 spiro atoms. The molecule has 0 aliphatic heterocycles. The summed E-state index contributed by atoms with van der Waals surface area (Å²) in [6, 6.07) is 8.77. The van der Waals surface area contributed by atoms with Crippen molar-refractivity contribution in [2.45, 2.75) is 4.90 Å². The van der Waals surface area contributed by atoms with Crippen LogP contribution >= 0.6 is 0 Å². The third-order valence-corrected chi connectivity index (χ3v) is 3.29. The van der Waals surface area contributed by atoms with Crippen LogP contribution in [-0.2, 0) is 10.0 Å². The van der Waals surface area contributed by atoms with E-state index in [2.05, 4.69) is 15.2 Å². The summed E-state index contributed by atoms with van der Waals surface area (Å²) in [6.07, 6.45) is 0. The molecule has 8 nitrogen and oxygen atoms in total. The fraction of sp³-hybridized carbons (Fsp3) is 0. The van der Waals surface area contributed by atoms with Crippen molar-refractivity contribution in [2.24, 2.45) is 15.4 Å². The molecule has 0 aliphatic carbocycles. The Morgan fingerprint density at radius 2 is 1.60 bits per heavy atom. The quantitative estimate of drug-likeness (QED) is 0.729. The fourth-order valence-corrected chi connectivity index (χ4v) is 1.90. The molecule has 9 heteroatoms. The smallest absolute Gasteiger partial charge is 0.238 e.